The lowest BCUT2D eigenvalue weighted by atomic mass is 9.90. The number of amides is 1. The Balaban J connectivity index is 2.23. The molecule has 6 heteroatoms. The number of rotatable bonds is 4. The van der Waals surface area contributed by atoms with Crippen LogP contribution in [0.15, 0.2) is 30.3 Å². The van der Waals surface area contributed by atoms with Gasteiger partial charge >= 0.3 is 6.09 Å². The Labute approximate surface area is 136 Å². The molecule has 0 unspecified atom stereocenters. The fourth-order valence-corrected chi connectivity index (χ4v) is 3.07. The topological polar surface area (TPSA) is 72.7 Å². The average molecular weight is 320 g/mol. The molecule has 1 saturated heterocycles. The molecule has 0 spiro atoms. The third-order valence-corrected chi connectivity index (χ3v) is 3.97. The van der Waals surface area contributed by atoms with Crippen molar-refractivity contribution in [3.63, 3.8) is 0 Å². The second-order valence-electron chi connectivity index (χ2n) is 6.92. The highest BCUT2D eigenvalue weighted by atomic mass is 16.6. The van der Waals surface area contributed by atoms with E-state index in [0.29, 0.717) is 6.54 Å². The molecule has 0 radical (unpaired) electrons. The Bertz CT molecular complexity index is 553. The minimum Gasteiger partial charge on any atom is -0.444 e. The highest BCUT2D eigenvalue weighted by Crippen LogP contribution is 2.32. The lowest BCUT2D eigenvalue weighted by Gasteiger charge is -2.32. The SMILES string of the molecule is CC(C)(C)OC(=O)N1CCC[C@H]1[C@@H](C[N+](=O)[O-])c1ccccc1. The quantitative estimate of drug-likeness (QED) is 0.629. The van der Waals surface area contributed by atoms with Crippen molar-refractivity contribution in [2.75, 3.05) is 13.1 Å². The summed E-state index contributed by atoms with van der Waals surface area (Å²) in [4.78, 5) is 24.9. The lowest BCUT2D eigenvalue weighted by molar-refractivity contribution is -0.484. The number of carbonyl (C=O) groups is 1. The molecule has 1 fully saturated rings. The highest BCUT2D eigenvalue weighted by molar-refractivity contribution is 5.69. The van der Waals surface area contributed by atoms with Crippen LogP contribution in [0.5, 0.6) is 0 Å². The second-order valence-corrected chi connectivity index (χ2v) is 6.92. The van der Waals surface area contributed by atoms with Gasteiger partial charge in [-0.1, -0.05) is 30.3 Å². The van der Waals surface area contributed by atoms with Gasteiger partial charge in [0.2, 0.25) is 6.54 Å². The molecule has 0 aromatic heterocycles. The summed E-state index contributed by atoms with van der Waals surface area (Å²) in [5, 5.41) is 11.1. The Morgan fingerprint density at radius 2 is 2.04 bits per heavy atom. The summed E-state index contributed by atoms with van der Waals surface area (Å²) in [5.41, 5.74) is 0.319. The number of hydrogen-bond donors (Lipinski definition) is 0. The van der Waals surface area contributed by atoms with Crippen molar-refractivity contribution < 1.29 is 14.5 Å². The van der Waals surface area contributed by atoms with E-state index in [4.69, 9.17) is 4.74 Å². The second kappa shape index (κ2) is 6.98. The summed E-state index contributed by atoms with van der Waals surface area (Å²) in [7, 11) is 0. The Morgan fingerprint density at radius 1 is 1.39 bits per heavy atom. The van der Waals surface area contributed by atoms with Crippen LogP contribution in [0.4, 0.5) is 4.79 Å². The first-order valence-electron chi connectivity index (χ1n) is 7.94. The van der Waals surface area contributed by atoms with Gasteiger partial charge in [0, 0.05) is 17.5 Å². The molecule has 1 amide bonds. The Kier molecular flexibility index (Phi) is 5.23. The van der Waals surface area contributed by atoms with Gasteiger partial charge in [-0.15, -0.1) is 0 Å². The van der Waals surface area contributed by atoms with Gasteiger partial charge < -0.3 is 9.64 Å². The van der Waals surface area contributed by atoms with E-state index in [0.717, 1.165) is 18.4 Å². The van der Waals surface area contributed by atoms with Crippen LogP contribution in [-0.4, -0.2) is 40.6 Å². The molecule has 0 saturated carbocycles. The normalized spacial score (nSPS) is 19.4. The molecule has 0 bridgehead atoms. The third-order valence-electron chi connectivity index (χ3n) is 3.97. The lowest BCUT2D eigenvalue weighted by Crippen LogP contribution is -2.43. The van der Waals surface area contributed by atoms with Crippen LogP contribution >= 0.6 is 0 Å². The van der Waals surface area contributed by atoms with Gasteiger partial charge in [0.15, 0.2) is 0 Å². The van der Waals surface area contributed by atoms with Crippen molar-refractivity contribution in [3.05, 3.63) is 46.0 Å². The number of nitrogens with zero attached hydrogens (tertiary/aromatic N) is 2. The number of carbonyl (C=O) groups excluding carboxylic acids is 1. The minimum atomic E-state index is -0.574. The van der Waals surface area contributed by atoms with E-state index in [1.54, 1.807) is 4.90 Å². The van der Waals surface area contributed by atoms with Gasteiger partial charge in [0.1, 0.15) is 5.60 Å². The van der Waals surface area contributed by atoms with E-state index in [-0.39, 0.29) is 29.5 Å². The fraction of sp³-hybridized carbons (Fsp3) is 0.588. The molecule has 1 aliphatic heterocycles. The molecule has 0 aliphatic carbocycles. The third kappa shape index (κ3) is 4.68. The molecule has 2 rings (SSSR count). The summed E-state index contributed by atoms with van der Waals surface area (Å²) in [5.74, 6) is -0.318. The number of likely N-dealkylation sites (tertiary alicyclic amines) is 1. The number of hydrogen-bond acceptors (Lipinski definition) is 4. The number of benzene rings is 1. The summed E-state index contributed by atoms with van der Waals surface area (Å²) in [6, 6.07) is 9.20. The predicted molar refractivity (Wildman–Crippen MR) is 87.0 cm³/mol. The Hall–Kier alpha value is -2.11. The van der Waals surface area contributed by atoms with Gasteiger partial charge in [-0.2, -0.15) is 0 Å². The van der Waals surface area contributed by atoms with E-state index in [1.807, 2.05) is 51.1 Å². The van der Waals surface area contributed by atoms with E-state index in [9.17, 15) is 14.9 Å². The zero-order chi connectivity index (χ0) is 17.0. The van der Waals surface area contributed by atoms with Crippen molar-refractivity contribution in [1.29, 1.82) is 0 Å². The van der Waals surface area contributed by atoms with Gasteiger partial charge in [0.05, 0.1) is 5.92 Å². The Morgan fingerprint density at radius 3 is 2.61 bits per heavy atom. The monoisotopic (exact) mass is 320 g/mol. The average Bonchev–Trinajstić information content (AvgIpc) is 2.93. The molecule has 23 heavy (non-hydrogen) atoms. The van der Waals surface area contributed by atoms with Gasteiger partial charge in [0.25, 0.3) is 0 Å². The first-order chi connectivity index (χ1) is 10.8. The maximum absolute atomic E-state index is 12.4. The molecule has 1 aromatic carbocycles. The molecule has 0 N–H and O–H groups in total. The number of ether oxygens (including phenoxy) is 1. The van der Waals surface area contributed by atoms with Crippen LogP contribution < -0.4 is 0 Å². The predicted octanol–water partition coefficient (Wildman–Crippen LogP) is 3.45. The van der Waals surface area contributed by atoms with Crippen molar-refractivity contribution in [2.24, 2.45) is 0 Å². The van der Waals surface area contributed by atoms with E-state index in [1.165, 1.54) is 0 Å². The van der Waals surface area contributed by atoms with Crippen molar-refractivity contribution in [1.82, 2.24) is 4.90 Å². The smallest absolute Gasteiger partial charge is 0.410 e. The van der Waals surface area contributed by atoms with Crippen LogP contribution in [0.1, 0.15) is 45.1 Å². The minimum absolute atomic E-state index is 0.187. The van der Waals surface area contributed by atoms with Gasteiger partial charge in [-0.05, 0) is 39.2 Å². The molecular formula is C17H24N2O4. The first-order valence-corrected chi connectivity index (χ1v) is 7.94. The molecule has 1 heterocycles. The van der Waals surface area contributed by atoms with Crippen molar-refractivity contribution in [2.45, 2.75) is 51.2 Å². The first kappa shape index (κ1) is 17.2. The van der Waals surface area contributed by atoms with Crippen LogP contribution in [0.25, 0.3) is 0 Å². The van der Waals surface area contributed by atoms with Crippen LogP contribution in [0, 0.1) is 10.1 Å². The molecule has 126 valence electrons. The molecular weight excluding hydrogens is 296 g/mol. The summed E-state index contributed by atoms with van der Waals surface area (Å²) in [6.45, 7) is 5.86. The number of nitro groups is 1. The van der Waals surface area contributed by atoms with Crippen molar-refractivity contribution >= 4 is 6.09 Å². The summed E-state index contributed by atoms with van der Waals surface area (Å²) in [6.07, 6.45) is 1.21. The van der Waals surface area contributed by atoms with E-state index >= 15 is 0 Å². The fourth-order valence-electron chi connectivity index (χ4n) is 3.07. The largest absolute Gasteiger partial charge is 0.444 e. The van der Waals surface area contributed by atoms with Crippen molar-refractivity contribution in [3.8, 4) is 0 Å². The van der Waals surface area contributed by atoms with Gasteiger partial charge in [-0.3, -0.25) is 10.1 Å². The highest BCUT2D eigenvalue weighted by Gasteiger charge is 2.39. The maximum Gasteiger partial charge on any atom is 0.410 e. The summed E-state index contributed by atoms with van der Waals surface area (Å²) < 4.78 is 5.46. The molecule has 1 aliphatic rings. The van der Waals surface area contributed by atoms with Crippen LogP contribution in [0.2, 0.25) is 0 Å². The van der Waals surface area contributed by atoms with Crippen LogP contribution in [0.3, 0.4) is 0 Å². The van der Waals surface area contributed by atoms with E-state index in [2.05, 4.69) is 0 Å². The van der Waals surface area contributed by atoms with E-state index < -0.39 is 5.60 Å². The van der Waals surface area contributed by atoms with Crippen LogP contribution in [-0.2, 0) is 4.74 Å². The molecule has 1 aromatic rings. The zero-order valence-electron chi connectivity index (χ0n) is 13.9. The summed E-state index contributed by atoms with van der Waals surface area (Å²) >= 11 is 0. The molecule has 2 atom stereocenters. The molecule has 6 nitrogen and oxygen atoms in total. The standard InChI is InChI=1S/C17H24N2O4/c1-17(2,3)23-16(20)18-11-7-10-15(18)14(12-19(21)22)13-8-5-4-6-9-13/h4-6,8-9,14-15H,7,10-12H2,1-3H3/t14-,15-/m0/s1. The van der Waals surface area contributed by atoms with Gasteiger partial charge in [-0.25, -0.2) is 4.79 Å². The maximum atomic E-state index is 12.4. The zero-order valence-corrected chi connectivity index (χ0v) is 13.9.